The molecule has 6 nitrogen and oxygen atoms in total. The number of esters is 1. The molecule has 2 aliphatic rings. The number of hydrogen-bond acceptors (Lipinski definition) is 5. The smallest absolute Gasteiger partial charge is 0.341 e. The predicted octanol–water partition coefficient (Wildman–Crippen LogP) is 3.42. The quantitative estimate of drug-likeness (QED) is 0.754. The summed E-state index contributed by atoms with van der Waals surface area (Å²) in [5.41, 5.74) is 0.943. The van der Waals surface area contributed by atoms with Crippen LogP contribution < -0.4 is 4.74 Å². The van der Waals surface area contributed by atoms with Crippen LogP contribution in [-0.2, 0) is 4.74 Å². The Balaban J connectivity index is 1.45. The zero-order valence-corrected chi connectivity index (χ0v) is 17.4. The molecule has 0 unspecified atom stereocenters. The Bertz CT molecular complexity index is 931. The summed E-state index contributed by atoms with van der Waals surface area (Å²) in [6, 6.07) is 13.8. The zero-order chi connectivity index (χ0) is 21.3. The van der Waals surface area contributed by atoms with Crippen molar-refractivity contribution in [1.29, 1.82) is 0 Å². The molecule has 2 aromatic rings. The lowest BCUT2D eigenvalue weighted by Gasteiger charge is -2.35. The molecule has 0 spiro atoms. The Morgan fingerprint density at radius 2 is 1.70 bits per heavy atom. The third-order valence-electron chi connectivity index (χ3n) is 6.03. The van der Waals surface area contributed by atoms with Crippen molar-refractivity contribution in [3.63, 3.8) is 0 Å². The number of aliphatic hydroxyl groups is 1. The van der Waals surface area contributed by atoms with Gasteiger partial charge in [0.2, 0.25) is 0 Å². The van der Waals surface area contributed by atoms with Crippen molar-refractivity contribution >= 4 is 23.5 Å². The molecule has 1 amide bonds. The summed E-state index contributed by atoms with van der Waals surface area (Å²) in [5, 5.41) is 11.3. The Labute approximate surface area is 180 Å². The van der Waals surface area contributed by atoms with Crippen molar-refractivity contribution in [1.82, 2.24) is 4.90 Å². The zero-order valence-electron chi connectivity index (χ0n) is 16.7. The summed E-state index contributed by atoms with van der Waals surface area (Å²) in [5.74, 6) is 0.365. The molecular formula is C23H24ClNO5. The highest BCUT2D eigenvalue weighted by Gasteiger charge is 2.44. The molecule has 1 saturated carbocycles. The molecule has 4 atom stereocenters. The van der Waals surface area contributed by atoms with Gasteiger partial charge in [0.25, 0.3) is 5.91 Å². The van der Waals surface area contributed by atoms with Crippen molar-refractivity contribution in [3.8, 4) is 5.75 Å². The maximum atomic E-state index is 12.8. The Hall–Kier alpha value is -2.57. The summed E-state index contributed by atoms with van der Waals surface area (Å²) in [6.07, 6.45) is 0.0662. The maximum Gasteiger partial charge on any atom is 0.341 e. The fourth-order valence-electron chi connectivity index (χ4n) is 4.47. The number of ether oxygens (including phenoxy) is 2. The molecule has 158 valence electrons. The maximum absolute atomic E-state index is 12.8. The van der Waals surface area contributed by atoms with Gasteiger partial charge in [0, 0.05) is 23.7 Å². The van der Waals surface area contributed by atoms with Crippen LogP contribution in [0.25, 0.3) is 0 Å². The van der Waals surface area contributed by atoms with Crippen molar-refractivity contribution < 1.29 is 24.2 Å². The Morgan fingerprint density at radius 3 is 2.40 bits per heavy atom. The highest BCUT2D eigenvalue weighted by molar-refractivity contribution is 6.30. The standard InChI is InChI=1S/C23H24ClNO5/c1-29-23(28)18-4-2-3-5-20(18)30-21-11-16-13-25(12-15(16)10-19(21)26)22(27)14-6-8-17(24)9-7-14/h2-9,15-16,19,21,26H,10-13H2,1H3/t15-,16+,19+,21+/m0/s1. The normalized spacial score (nSPS) is 25.5. The third-order valence-corrected chi connectivity index (χ3v) is 6.29. The van der Waals surface area contributed by atoms with E-state index in [4.69, 9.17) is 21.1 Å². The molecule has 2 fully saturated rings. The molecular weight excluding hydrogens is 406 g/mol. The van der Waals surface area contributed by atoms with Crippen molar-refractivity contribution in [2.45, 2.75) is 25.0 Å². The second kappa shape index (κ2) is 8.66. The number of carbonyl (C=O) groups is 2. The van der Waals surface area contributed by atoms with Gasteiger partial charge in [-0.3, -0.25) is 4.79 Å². The first-order valence-corrected chi connectivity index (χ1v) is 10.4. The van der Waals surface area contributed by atoms with E-state index in [-0.39, 0.29) is 17.7 Å². The van der Waals surface area contributed by atoms with Crippen LogP contribution in [0, 0.1) is 11.8 Å². The van der Waals surface area contributed by atoms with Gasteiger partial charge in [0.15, 0.2) is 0 Å². The number of fused-ring (bicyclic) bond motifs is 1. The van der Waals surface area contributed by atoms with Crippen molar-refractivity contribution in [3.05, 3.63) is 64.7 Å². The summed E-state index contributed by atoms with van der Waals surface area (Å²) in [7, 11) is 1.32. The molecule has 0 radical (unpaired) electrons. The molecule has 1 heterocycles. The lowest BCUT2D eigenvalue weighted by atomic mass is 9.78. The second-order valence-electron chi connectivity index (χ2n) is 7.92. The number of likely N-dealkylation sites (tertiary alicyclic amines) is 1. The first kappa shape index (κ1) is 20.7. The Kier molecular flexibility index (Phi) is 5.97. The minimum absolute atomic E-state index is 0.0240. The van der Waals surface area contributed by atoms with Gasteiger partial charge in [-0.1, -0.05) is 23.7 Å². The van der Waals surface area contributed by atoms with Crippen LogP contribution in [-0.4, -0.2) is 54.3 Å². The molecule has 1 saturated heterocycles. The van der Waals surface area contributed by atoms with Gasteiger partial charge in [-0.25, -0.2) is 4.79 Å². The van der Waals surface area contributed by atoms with E-state index in [1.165, 1.54) is 7.11 Å². The molecule has 1 aliphatic heterocycles. The fourth-order valence-corrected chi connectivity index (χ4v) is 4.59. The van der Waals surface area contributed by atoms with Crippen molar-refractivity contribution in [2.24, 2.45) is 11.8 Å². The van der Waals surface area contributed by atoms with E-state index < -0.39 is 18.2 Å². The van der Waals surface area contributed by atoms with Gasteiger partial charge in [0.1, 0.15) is 17.4 Å². The van der Waals surface area contributed by atoms with E-state index in [2.05, 4.69) is 0 Å². The largest absolute Gasteiger partial charge is 0.487 e. The van der Waals surface area contributed by atoms with E-state index in [1.54, 1.807) is 48.5 Å². The number of aliphatic hydroxyl groups excluding tert-OH is 1. The minimum Gasteiger partial charge on any atom is -0.487 e. The summed E-state index contributed by atoms with van der Waals surface area (Å²) in [6.45, 7) is 1.24. The van der Waals surface area contributed by atoms with Gasteiger partial charge >= 0.3 is 5.97 Å². The van der Waals surface area contributed by atoms with E-state index in [1.807, 2.05) is 4.90 Å². The summed E-state index contributed by atoms with van der Waals surface area (Å²) in [4.78, 5) is 26.7. The molecule has 1 N–H and O–H groups in total. The number of methoxy groups -OCH3 is 1. The van der Waals surface area contributed by atoms with Crippen LogP contribution in [0.2, 0.25) is 5.02 Å². The van der Waals surface area contributed by atoms with E-state index in [9.17, 15) is 14.7 Å². The number of rotatable bonds is 4. The molecule has 30 heavy (non-hydrogen) atoms. The highest BCUT2D eigenvalue weighted by Crippen LogP contribution is 2.39. The molecule has 0 aromatic heterocycles. The van der Waals surface area contributed by atoms with Gasteiger partial charge < -0.3 is 19.5 Å². The monoisotopic (exact) mass is 429 g/mol. The molecule has 7 heteroatoms. The number of amides is 1. The number of halogens is 1. The van der Waals surface area contributed by atoms with Gasteiger partial charge in [-0.05, 0) is 61.1 Å². The molecule has 4 rings (SSSR count). The van der Waals surface area contributed by atoms with Crippen LogP contribution in [0.1, 0.15) is 33.6 Å². The predicted molar refractivity (Wildman–Crippen MR) is 112 cm³/mol. The van der Waals surface area contributed by atoms with Crippen LogP contribution >= 0.6 is 11.6 Å². The lowest BCUT2D eigenvalue weighted by Crippen LogP contribution is -2.42. The van der Waals surface area contributed by atoms with E-state index in [0.29, 0.717) is 47.8 Å². The number of para-hydroxylation sites is 1. The fraction of sp³-hybridized carbons (Fsp3) is 0.391. The summed E-state index contributed by atoms with van der Waals surface area (Å²) >= 11 is 5.92. The molecule has 0 bridgehead atoms. The SMILES string of the molecule is COC(=O)c1ccccc1O[C@@H]1C[C@@H]2CN(C(=O)c3ccc(Cl)cc3)C[C@@H]2C[C@H]1O. The van der Waals surface area contributed by atoms with Crippen LogP contribution in [0.5, 0.6) is 5.75 Å². The average Bonchev–Trinajstić information content (AvgIpc) is 3.16. The Morgan fingerprint density at radius 1 is 1.03 bits per heavy atom. The highest BCUT2D eigenvalue weighted by atomic mass is 35.5. The van der Waals surface area contributed by atoms with Crippen LogP contribution in [0.3, 0.4) is 0 Å². The van der Waals surface area contributed by atoms with Gasteiger partial charge in [-0.2, -0.15) is 0 Å². The van der Waals surface area contributed by atoms with Gasteiger partial charge in [0.05, 0.1) is 13.2 Å². The average molecular weight is 430 g/mol. The third kappa shape index (κ3) is 4.16. The van der Waals surface area contributed by atoms with E-state index in [0.717, 1.165) is 0 Å². The second-order valence-corrected chi connectivity index (χ2v) is 8.36. The number of hydrogen-bond donors (Lipinski definition) is 1. The van der Waals surface area contributed by atoms with E-state index >= 15 is 0 Å². The van der Waals surface area contributed by atoms with Crippen molar-refractivity contribution in [2.75, 3.05) is 20.2 Å². The van der Waals surface area contributed by atoms with Crippen LogP contribution in [0.4, 0.5) is 0 Å². The molecule has 2 aromatic carbocycles. The number of nitrogens with zero attached hydrogens (tertiary/aromatic N) is 1. The summed E-state index contributed by atoms with van der Waals surface area (Å²) < 4.78 is 10.9. The molecule has 1 aliphatic carbocycles. The number of carbonyl (C=O) groups excluding carboxylic acids is 2. The van der Waals surface area contributed by atoms with Gasteiger partial charge in [-0.15, -0.1) is 0 Å². The topological polar surface area (TPSA) is 76.1 Å². The number of benzene rings is 2. The first-order valence-electron chi connectivity index (χ1n) is 10.0. The minimum atomic E-state index is -0.664. The first-order chi connectivity index (χ1) is 14.5. The lowest BCUT2D eigenvalue weighted by molar-refractivity contribution is -0.0237. The van der Waals surface area contributed by atoms with Crippen LogP contribution in [0.15, 0.2) is 48.5 Å².